The third kappa shape index (κ3) is 4.59. The minimum Gasteiger partial charge on any atom is -0.0654 e. The molecule has 0 fully saturated rings. The number of hydrogen-bond donors (Lipinski definition) is 0. The lowest BCUT2D eigenvalue weighted by Gasteiger charge is -2.44. The van der Waals surface area contributed by atoms with Crippen LogP contribution in [0, 0.1) is 22.2 Å². The summed E-state index contributed by atoms with van der Waals surface area (Å²) in [7, 11) is 0. The first-order valence-corrected chi connectivity index (χ1v) is 8.00. The van der Waals surface area contributed by atoms with E-state index in [1.807, 2.05) is 0 Å². The molecule has 0 aromatic carbocycles. The van der Waals surface area contributed by atoms with Crippen molar-refractivity contribution in [3.8, 4) is 0 Å². The van der Waals surface area contributed by atoms with Gasteiger partial charge in [-0.15, -0.1) is 0 Å². The van der Waals surface area contributed by atoms with Crippen LogP contribution in [-0.2, 0) is 0 Å². The van der Waals surface area contributed by atoms with Gasteiger partial charge in [0.15, 0.2) is 0 Å². The van der Waals surface area contributed by atoms with Gasteiger partial charge in [0.05, 0.1) is 0 Å². The molecular formula is C18H38. The molecule has 0 nitrogen and oxygen atoms in total. The van der Waals surface area contributed by atoms with Crippen molar-refractivity contribution < 1.29 is 0 Å². The first kappa shape index (κ1) is 18.0. The minimum atomic E-state index is 0.416. The topological polar surface area (TPSA) is 0 Å². The quantitative estimate of drug-likeness (QED) is 0.474. The van der Waals surface area contributed by atoms with Crippen molar-refractivity contribution in [3.05, 3.63) is 0 Å². The molecule has 0 heteroatoms. The Kier molecular flexibility index (Phi) is 6.44. The van der Waals surface area contributed by atoms with Gasteiger partial charge < -0.3 is 0 Å². The highest BCUT2D eigenvalue weighted by Gasteiger charge is 2.37. The molecule has 2 unspecified atom stereocenters. The van der Waals surface area contributed by atoms with E-state index in [1.54, 1.807) is 0 Å². The number of hydrogen-bond acceptors (Lipinski definition) is 0. The lowest BCUT2D eigenvalue weighted by atomic mass is 9.61. The van der Waals surface area contributed by atoms with Crippen molar-refractivity contribution in [2.24, 2.45) is 22.2 Å². The van der Waals surface area contributed by atoms with Gasteiger partial charge in [-0.3, -0.25) is 0 Å². The van der Waals surface area contributed by atoms with Crippen LogP contribution >= 0.6 is 0 Å². The Morgan fingerprint density at radius 2 is 1.33 bits per heavy atom. The summed E-state index contributed by atoms with van der Waals surface area (Å²) in [6.07, 6.45) is 6.69. The maximum atomic E-state index is 2.50. The van der Waals surface area contributed by atoms with E-state index in [2.05, 4.69) is 62.3 Å². The molecule has 0 spiro atoms. The molecule has 0 saturated carbocycles. The summed E-state index contributed by atoms with van der Waals surface area (Å²) in [4.78, 5) is 0. The standard InChI is InChI=1S/C18H38/c1-10-13-18(9,16(4,5)6)14-12-15(3)17(7,8)11-2/h15H,10-14H2,1-9H3. The van der Waals surface area contributed by atoms with Gasteiger partial charge in [0, 0.05) is 0 Å². The normalized spacial score (nSPS) is 18.5. The second kappa shape index (κ2) is 6.44. The Hall–Kier alpha value is 0. The molecule has 0 aliphatic carbocycles. The van der Waals surface area contributed by atoms with E-state index in [-0.39, 0.29) is 0 Å². The molecule has 0 aromatic heterocycles. The van der Waals surface area contributed by atoms with E-state index in [4.69, 9.17) is 0 Å². The summed E-state index contributed by atoms with van der Waals surface area (Å²) in [6, 6.07) is 0. The van der Waals surface area contributed by atoms with Crippen LogP contribution in [-0.4, -0.2) is 0 Å². The van der Waals surface area contributed by atoms with Crippen molar-refractivity contribution >= 4 is 0 Å². The molecule has 0 aliphatic heterocycles. The van der Waals surface area contributed by atoms with Crippen LogP contribution in [0.1, 0.15) is 94.4 Å². The summed E-state index contributed by atoms with van der Waals surface area (Å²) in [5.41, 5.74) is 1.39. The Labute approximate surface area is 117 Å². The third-order valence-electron chi connectivity index (χ3n) is 5.99. The molecule has 0 N–H and O–H groups in total. The zero-order valence-corrected chi connectivity index (χ0v) is 14.6. The van der Waals surface area contributed by atoms with Crippen LogP contribution in [0.4, 0.5) is 0 Å². The number of rotatable bonds is 7. The predicted octanol–water partition coefficient (Wildman–Crippen LogP) is 6.69. The van der Waals surface area contributed by atoms with E-state index in [0.717, 1.165) is 5.92 Å². The highest BCUT2D eigenvalue weighted by Crippen LogP contribution is 2.47. The SMILES string of the molecule is CCCC(C)(CCC(C)C(C)(C)CC)C(C)(C)C. The first-order valence-electron chi connectivity index (χ1n) is 8.00. The van der Waals surface area contributed by atoms with Crippen molar-refractivity contribution in [3.63, 3.8) is 0 Å². The van der Waals surface area contributed by atoms with Crippen LogP contribution in [0.5, 0.6) is 0 Å². The summed E-state index contributed by atoms with van der Waals surface area (Å²) >= 11 is 0. The van der Waals surface area contributed by atoms with Crippen molar-refractivity contribution in [2.75, 3.05) is 0 Å². The van der Waals surface area contributed by atoms with Gasteiger partial charge in [-0.2, -0.15) is 0 Å². The molecule has 0 radical (unpaired) electrons. The fourth-order valence-electron chi connectivity index (χ4n) is 2.70. The van der Waals surface area contributed by atoms with E-state index >= 15 is 0 Å². The Balaban J connectivity index is 4.65. The predicted molar refractivity (Wildman–Crippen MR) is 84.9 cm³/mol. The Morgan fingerprint density at radius 3 is 1.67 bits per heavy atom. The van der Waals surface area contributed by atoms with Crippen LogP contribution in [0.15, 0.2) is 0 Å². The molecule has 0 saturated heterocycles. The third-order valence-corrected chi connectivity index (χ3v) is 5.99. The lowest BCUT2D eigenvalue weighted by Crippen LogP contribution is -2.34. The van der Waals surface area contributed by atoms with Gasteiger partial charge in [-0.1, -0.05) is 75.2 Å². The Morgan fingerprint density at radius 1 is 0.833 bits per heavy atom. The smallest absolute Gasteiger partial charge is 0.0277 e. The first-order chi connectivity index (χ1) is 8.00. The fourth-order valence-corrected chi connectivity index (χ4v) is 2.70. The average molecular weight is 255 g/mol. The monoisotopic (exact) mass is 254 g/mol. The lowest BCUT2D eigenvalue weighted by molar-refractivity contribution is 0.0642. The van der Waals surface area contributed by atoms with Gasteiger partial charge in [0.1, 0.15) is 0 Å². The van der Waals surface area contributed by atoms with E-state index < -0.39 is 0 Å². The molecule has 0 bridgehead atoms. The zero-order valence-electron chi connectivity index (χ0n) is 14.6. The summed E-state index contributed by atoms with van der Waals surface area (Å²) in [5, 5.41) is 0. The molecule has 0 aliphatic rings. The maximum absolute atomic E-state index is 2.50. The Bertz CT molecular complexity index is 231. The second-order valence-electron chi connectivity index (χ2n) is 8.34. The average Bonchev–Trinajstić information content (AvgIpc) is 2.24. The maximum Gasteiger partial charge on any atom is -0.0277 e. The van der Waals surface area contributed by atoms with Gasteiger partial charge in [0.25, 0.3) is 0 Å². The van der Waals surface area contributed by atoms with Crippen LogP contribution in [0.3, 0.4) is 0 Å². The summed E-state index contributed by atoms with van der Waals surface area (Å²) in [6.45, 7) is 21.7. The minimum absolute atomic E-state index is 0.416. The molecule has 18 heavy (non-hydrogen) atoms. The van der Waals surface area contributed by atoms with Crippen LogP contribution < -0.4 is 0 Å². The molecule has 0 amide bonds. The molecule has 110 valence electrons. The van der Waals surface area contributed by atoms with Crippen molar-refractivity contribution in [1.82, 2.24) is 0 Å². The highest BCUT2D eigenvalue weighted by atomic mass is 14.4. The van der Waals surface area contributed by atoms with E-state index in [0.29, 0.717) is 16.2 Å². The van der Waals surface area contributed by atoms with Gasteiger partial charge >= 0.3 is 0 Å². The van der Waals surface area contributed by atoms with E-state index in [1.165, 1.54) is 32.1 Å². The fraction of sp³-hybridized carbons (Fsp3) is 1.00. The van der Waals surface area contributed by atoms with Crippen molar-refractivity contribution in [2.45, 2.75) is 94.4 Å². The van der Waals surface area contributed by atoms with Crippen LogP contribution in [0.2, 0.25) is 0 Å². The molecule has 0 rings (SSSR count). The molecule has 0 heterocycles. The highest BCUT2D eigenvalue weighted by molar-refractivity contribution is 4.87. The van der Waals surface area contributed by atoms with Gasteiger partial charge in [0.2, 0.25) is 0 Å². The molecular weight excluding hydrogens is 216 g/mol. The zero-order chi connectivity index (χ0) is 14.6. The van der Waals surface area contributed by atoms with E-state index in [9.17, 15) is 0 Å². The summed E-state index contributed by atoms with van der Waals surface area (Å²) in [5.74, 6) is 0.820. The molecule has 0 aromatic rings. The molecule has 2 atom stereocenters. The van der Waals surface area contributed by atoms with Gasteiger partial charge in [-0.25, -0.2) is 0 Å². The summed E-state index contributed by atoms with van der Waals surface area (Å²) < 4.78 is 0. The van der Waals surface area contributed by atoms with Gasteiger partial charge in [-0.05, 0) is 41.4 Å². The van der Waals surface area contributed by atoms with Crippen LogP contribution in [0.25, 0.3) is 0 Å². The van der Waals surface area contributed by atoms with Crippen molar-refractivity contribution in [1.29, 1.82) is 0 Å². The largest absolute Gasteiger partial charge is 0.0654 e. The second-order valence-corrected chi connectivity index (χ2v) is 8.34.